The van der Waals surface area contributed by atoms with Crippen molar-refractivity contribution < 1.29 is 9.59 Å². The van der Waals surface area contributed by atoms with Gasteiger partial charge in [0, 0.05) is 38.4 Å². The molecule has 0 saturated heterocycles. The van der Waals surface area contributed by atoms with E-state index in [0.717, 1.165) is 23.3 Å². The van der Waals surface area contributed by atoms with E-state index in [1.807, 2.05) is 44.1 Å². The quantitative estimate of drug-likeness (QED) is 0.826. The molecule has 0 spiro atoms. The summed E-state index contributed by atoms with van der Waals surface area (Å²) in [5, 5.41) is 2.89. The van der Waals surface area contributed by atoms with Crippen molar-refractivity contribution in [3.05, 3.63) is 23.8 Å². The lowest BCUT2D eigenvalue weighted by molar-refractivity contribution is -0.129. The first-order valence-corrected chi connectivity index (χ1v) is 6.39. The lowest BCUT2D eigenvalue weighted by Gasteiger charge is -2.31. The number of carbonyl (C=O) groups is 2. The lowest BCUT2D eigenvalue weighted by Crippen LogP contribution is -2.47. The summed E-state index contributed by atoms with van der Waals surface area (Å²) in [6.07, 6.45) is 1.31. The summed E-state index contributed by atoms with van der Waals surface area (Å²) in [4.78, 5) is 26.6. The van der Waals surface area contributed by atoms with E-state index >= 15 is 0 Å². The highest BCUT2D eigenvalue weighted by molar-refractivity contribution is 5.99. The van der Waals surface area contributed by atoms with Crippen LogP contribution in [0.15, 0.2) is 18.2 Å². The van der Waals surface area contributed by atoms with Gasteiger partial charge < -0.3 is 15.1 Å². The van der Waals surface area contributed by atoms with E-state index in [0.29, 0.717) is 13.0 Å². The standard InChI is InChI=1S/C14H19N3O2/c1-4-17(9-18)13-7-10-5-6-11(16(2)3)8-12(10)15-14(13)19/h5-6,8-9,13H,4,7H2,1-3H3,(H,15,19). The van der Waals surface area contributed by atoms with Gasteiger partial charge in [-0.3, -0.25) is 9.59 Å². The fourth-order valence-corrected chi connectivity index (χ4v) is 2.29. The topological polar surface area (TPSA) is 52.7 Å². The third-order valence-electron chi connectivity index (χ3n) is 3.48. The fraction of sp³-hybridized carbons (Fsp3) is 0.429. The molecule has 1 aromatic carbocycles. The van der Waals surface area contributed by atoms with Gasteiger partial charge in [0.15, 0.2) is 0 Å². The molecule has 0 bridgehead atoms. The van der Waals surface area contributed by atoms with Gasteiger partial charge in [0.25, 0.3) is 0 Å². The highest BCUT2D eigenvalue weighted by Crippen LogP contribution is 2.28. The smallest absolute Gasteiger partial charge is 0.247 e. The van der Waals surface area contributed by atoms with Crippen molar-refractivity contribution in [3.8, 4) is 0 Å². The van der Waals surface area contributed by atoms with Gasteiger partial charge in [0.2, 0.25) is 12.3 Å². The molecule has 102 valence electrons. The number of carbonyl (C=O) groups excluding carboxylic acids is 2. The van der Waals surface area contributed by atoms with Crippen LogP contribution in [0.3, 0.4) is 0 Å². The maximum Gasteiger partial charge on any atom is 0.247 e. The first kappa shape index (κ1) is 13.4. The van der Waals surface area contributed by atoms with Gasteiger partial charge in [-0.1, -0.05) is 6.07 Å². The van der Waals surface area contributed by atoms with Crippen molar-refractivity contribution >= 4 is 23.7 Å². The summed E-state index contributed by atoms with van der Waals surface area (Å²) in [6.45, 7) is 2.40. The van der Waals surface area contributed by atoms with Gasteiger partial charge in [-0.15, -0.1) is 0 Å². The summed E-state index contributed by atoms with van der Waals surface area (Å²) in [7, 11) is 3.92. The zero-order chi connectivity index (χ0) is 14.0. The number of rotatable bonds is 4. The average molecular weight is 261 g/mol. The molecule has 0 aromatic heterocycles. The molecule has 0 radical (unpaired) electrons. The molecule has 1 unspecified atom stereocenters. The number of fused-ring (bicyclic) bond motifs is 1. The van der Waals surface area contributed by atoms with E-state index in [1.165, 1.54) is 4.90 Å². The van der Waals surface area contributed by atoms with Crippen LogP contribution in [-0.4, -0.2) is 43.9 Å². The Bertz CT molecular complexity index is 499. The first-order valence-electron chi connectivity index (χ1n) is 6.39. The Labute approximate surface area is 113 Å². The minimum absolute atomic E-state index is 0.114. The minimum atomic E-state index is -0.403. The molecule has 5 heteroatoms. The average Bonchev–Trinajstić information content (AvgIpc) is 2.40. The molecule has 1 aliphatic heterocycles. The Morgan fingerprint density at radius 1 is 1.42 bits per heavy atom. The molecule has 0 fully saturated rings. The highest BCUT2D eigenvalue weighted by Gasteiger charge is 2.30. The molecule has 1 aliphatic rings. The van der Waals surface area contributed by atoms with Gasteiger partial charge in [0.05, 0.1) is 0 Å². The molecule has 5 nitrogen and oxygen atoms in total. The van der Waals surface area contributed by atoms with E-state index in [2.05, 4.69) is 5.32 Å². The molecule has 0 aliphatic carbocycles. The predicted octanol–water partition coefficient (Wildman–Crippen LogP) is 1.09. The molecule has 1 atom stereocenters. The second-order valence-electron chi connectivity index (χ2n) is 4.88. The summed E-state index contributed by atoms with van der Waals surface area (Å²) in [5.74, 6) is -0.114. The van der Waals surface area contributed by atoms with E-state index in [-0.39, 0.29) is 5.91 Å². The zero-order valence-corrected chi connectivity index (χ0v) is 11.5. The molecule has 1 N–H and O–H groups in total. The Balaban J connectivity index is 2.29. The Hall–Kier alpha value is -2.04. The Morgan fingerprint density at radius 2 is 2.16 bits per heavy atom. The van der Waals surface area contributed by atoms with Crippen molar-refractivity contribution in [3.63, 3.8) is 0 Å². The fourth-order valence-electron chi connectivity index (χ4n) is 2.29. The summed E-state index contributed by atoms with van der Waals surface area (Å²) in [5.41, 5.74) is 2.95. The first-order chi connectivity index (χ1) is 9.06. The molecule has 1 aromatic rings. The molecule has 2 amide bonds. The Morgan fingerprint density at radius 3 is 2.74 bits per heavy atom. The number of likely N-dealkylation sites (N-methyl/N-ethyl adjacent to an activating group) is 1. The van der Waals surface area contributed by atoms with Gasteiger partial charge in [-0.25, -0.2) is 0 Å². The maximum atomic E-state index is 12.1. The van der Waals surface area contributed by atoms with Crippen molar-refractivity contribution in [2.45, 2.75) is 19.4 Å². The lowest BCUT2D eigenvalue weighted by atomic mass is 9.97. The van der Waals surface area contributed by atoms with Gasteiger partial charge in [0.1, 0.15) is 6.04 Å². The zero-order valence-electron chi connectivity index (χ0n) is 11.5. The van der Waals surface area contributed by atoms with Crippen LogP contribution in [0.2, 0.25) is 0 Å². The number of nitrogens with one attached hydrogen (secondary N) is 1. The van der Waals surface area contributed by atoms with Crippen molar-refractivity contribution in [2.75, 3.05) is 30.9 Å². The van der Waals surface area contributed by atoms with Crippen molar-refractivity contribution in [1.82, 2.24) is 4.90 Å². The van der Waals surface area contributed by atoms with Gasteiger partial charge in [-0.2, -0.15) is 0 Å². The van der Waals surface area contributed by atoms with E-state index < -0.39 is 6.04 Å². The SMILES string of the molecule is CCN(C=O)C1Cc2ccc(N(C)C)cc2NC1=O. The number of anilines is 2. The van der Waals surface area contributed by atoms with Gasteiger partial charge >= 0.3 is 0 Å². The number of hydrogen-bond acceptors (Lipinski definition) is 3. The molecular formula is C14H19N3O2. The number of hydrogen-bond donors (Lipinski definition) is 1. The van der Waals surface area contributed by atoms with E-state index in [1.54, 1.807) is 0 Å². The van der Waals surface area contributed by atoms with E-state index in [9.17, 15) is 9.59 Å². The maximum absolute atomic E-state index is 12.1. The molecule has 2 rings (SSSR count). The second-order valence-corrected chi connectivity index (χ2v) is 4.88. The molecular weight excluding hydrogens is 242 g/mol. The van der Waals surface area contributed by atoms with Crippen LogP contribution in [-0.2, 0) is 16.0 Å². The predicted molar refractivity (Wildman–Crippen MR) is 75.3 cm³/mol. The van der Waals surface area contributed by atoms with Crippen LogP contribution in [0.4, 0.5) is 11.4 Å². The third kappa shape index (κ3) is 2.54. The summed E-state index contributed by atoms with van der Waals surface area (Å²) >= 11 is 0. The van der Waals surface area contributed by atoms with Gasteiger partial charge in [-0.05, 0) is 24.6 Å². The van der Waals surface area contributed by atoms with Crippen LogP contribution in [0.5, 0.6) is 0 Å². The van der Waals surface area contributed by atoms with Crippen molar-refractivity contribution in [2.24, 2.45) is 0 Å². The summed E-state index contributed by atoms with van der Waals surface area (Å²) < 4.78 is 0. The van der Waals surface area contributed by atoms with Crippen LogP contribution < -0.4 is 10.2 Å². The monoisotopic (exact) mass is 261 g/mol. The van der Waals surface area contributed by atoms with Crippen molar-refractivity contribution in [1.29, 1.82) is 0 Å². The largest absolute Gasteiger partial charge is 0.378 e. The van der Waals surface area contributed by atoms with Crippen LogP contribution in [0.1, 0.15) is 12.5 Å². The number of nitrogens with zero attached hydrogens (tertiary/aromatic N) is 2. The minimum Gasteiger partial charge on any atom is -0.378 e. The number of benzene rings is 1. The normalized spacial score (nSPS) is 17.4. The Kier molecular flexibility index (Phi) is 3.74. The molecule has 1 heterocycles. The second kappa shape index (κ2) is 5.30. The molecule has 0 saturated carbocycles. The molecule has 19 heavy (non-hydrogen) atoms. The summed E-state index contributed by atoms with van der Waals surface area (Å²) in [6, 6.07) is 5.58. The van der Waals surface area contributed by atoms with Crippen LogP contribution >= 0.6 is 0 Å². The van der Waals surface area contributed by atoms with Crippen LogP contribution in [0, 0.1) is 0 Å². The van der Waals surface area contributed by atoms with E-state index in [4.69, 9.17) is 0 Å². The highest BCUT2D eigenvalue weighted by atomic mass is 16.2. The third-order valence-corrected chi connectivity index (χ3v) is 3.48. The number of amides is 2. The van der Waals surface area contributed by atoms with Crippen LogP contribution in [0.25, 0.3) is 0 Å².